The van der Waals surface area contributed by atoms with E-state index in [2.05, 4.69) is 86.6 Å². The summed E-state index contributed by atoms with van der Waals surface area (Å²) in [6, 6.07) is 25.2. The van der Waals surface area contributed by atoms with E-state index >= 15 is 0 Å². The summed E-state index contributed by atoms with van der Waals surface area (Å²) in [4.78, 5) is 0. The lowest BCUT2D eigenvalue weighted by Gasteiger charge is -2.04. The molecule has 1 heteroatoms. The van der Waals surface area contributed by atoms with Crippen molar-refractivity contribution in [2.45, 2.75) is 13.8 Å². The van der Waals surface area contributed by atoms with E-state index in [1.807, 2.05) is 0 Å². The van der Waals surface area contributed by atoms with Gasteiger partial charge in [-0.25, -0.2) is 0 Å². The Morgan fingerprint density at radius 3 is 1.35 bits per heavy atom. The van der Waals surface area contributed by atoms with Crippen molar-refractivity contribution in [2.75, 3.05) is 0 Å². The van der Waals surface area contributed by atoms with Gasteiger partial charge in [0, 0.05) is 21.9 Å². The van der Waals surface area contributed by atoms with E-state index in [9.17, 15) is 0 Å². The van der Waals surface area contributed by atoms with Gasteiger partial charge in [-0.3, -0.25) is 0 Å². The summed E-state index contributed by atoms with van der Waals surface area (Å²) in [5.74, 6) is 1.91. The van der Waals surface area contributed by atoms with E-state index in [1.54, 1.807) is 0 Å². The third-order valence-corrected chi connectivity index (χ3v) is 4.40. The zero-order valence-electron chi connectivity index (χ0n) is 13.3. The zero-order valence-corrected chi connectivity index (χ0v) is 13.3. The first-order valence-corrected chi connectivity index (χ1v) is 7.89. The van der Waals surface area contributed by atoms with Gasteiger partial charge in [0.2, 0.25) is 0 Å². The van der Waals surface area contributed by atoms with Crippen LogP contribution in [0.4, 0.5) is 0 Å². The third-order valence-electron chi connectivity index (χ3n) is 4.40. The highest BCUT2D eigenvalue weighted by Crippen LogP contribution is 2.40. The molecule has 0 radical (unpaired) electrons. The van der Waals surface area contributed by atoms with Crippen molar-refractivity contribution in [1.82, 2.24) is 0 Å². The summed E-state index contributed by atoms with van der Waals surface area (Å²) in [5.41, 5.74) is 4.76. The van der Waals surface area contributed by atoms with Gasteiger partial charge >= 0.3 is 0 Å². The van der Waals surface area contributed by atoms with Crippen LogP contribution >= 0.6 is 0 Å². The molecule has 0 atom stereocenters. The van der Waals surface area contributed by atoms with E-state index < -0.39 is 0 Å². The molecule has 4 rings (SSSR count). The van der Waals surface area contributed by atoms with Gasteiger partial charge in [0.1, 0.15) is 11.5 Å². The van der Waals surface area contributed by atoms with Crippen LogP contribution in [0.15, 0.2) is 77.2 Å². The fraction of sp³-hybridized carbons (Fsp3) is 0.0909. The fourth-order valence-electron chi connectivity index (χ4n) is 3.15. The van der Waals surface area contributed by atoms with Crippen molar-refractivity contribution in [3.05, 3.63) is 83.9 Å². The highest BCUT2D eigenvalue weighted by molar-refractivity contribution is 6.03. The van der Waals surface area contributed by atoms with Crippen molar-refractivity contribution >= 4 is 10.8 Å². The number of furan rings is 1. The second kappa shape index (κ2) is 5.44. The van der Waals surface area contributed by atoms with Gasteiger partial charge in [-0.1, -0.05) is 72.8 Å². The molecule has 0 unspecified atom stereocenters. The average molecular weight is 298 g/mol. The Hall–Kier alpha value is -2.80. The van der Waals surface area contributed by atoms with Crippen molar-refractivity contribution in [3.63, 3.8) is 0 Å². The number of benzene rings is 3. The smallest absolute Gasteiger partial charge is 0.142 e. The lowest BCUT2D eigenvalue weighted by atomic mass is 10.0. The Labute approximate surface area is 136 Å². The van der Waals surface area contributed by atoms with Gasteiger partial charge in [-0.05, 0) is 25.0 Å². The van der Waals surface area contributed by atoms with Crippen LogP contribution in [0.3, 0.4) is 0 Å². The minimum absolute atomic E-state index is 0.956. The normalized spacial score (nSPS) is 11.0. The third kappa shape index (κ3) is 2.25. The molecule has 0 aliphatic carbocycles. The molecule has 1 nitrogen and oxygen atoms in total. The van der Waals surface area contributed by atoms with Gasteiger partial charge in [-0.2, -0.15) is 0 Å². The molecule has 0 aliphatic rings. The molecule has 0 saturated carbocycles. The van der Waals surface area contributed by atoms with Gasteiger partial charge in [0.15, 0.2) is 0 Å². The number of aryl methyl sites for hydroxylation is 2. The number of hydrogen-bond donors (Lipinski definition) is 0. The van der Waals surface area contributed by atoms with Gasteiger partial charge in [-0.15, -0.1) is 0 Å². The lowest BCUT2D eigenvalue weighted by Crippen LogP contribution is -1.81. The van der Waals surface area contributed by atoms with Crippen molar-refractivity contribution in [3.8, 4) is 22.6 Å². The molecule has 3 aromatic carbocycles. The monoisotopic (exact) mass is 298 g/mol. The summed E-state index contributed by atoms with van der Waals surface area (Å²) in [6.45, 7) is 4.25. The molecule has 0 saturated heterocycles. The quantitative estimate of drug-likeness (QED) is 0.418. The summed E-state index contributed by atoms with van der Waals surface area (Å²) >= 11 is 0. The molecule has 0 aliphatic heterocycles. The average Bonchev–Trinajstić information content (AvgIpc) is 2.95. The number of rotatable bonds is 2. The molecular weight excluding hydrogens is 280 g/mol. The Balaban J connectivity index is 2.06. The molecule has 0 spiro atoms. The van der Waals surface area contributed by atoms with Crippen LogP contribution in [0.2, 0.25) is 0 Å². The van der Waals surface area contributed by atoms with Gasteiger partial charge in [0.05, 0.1) is 0 Å². The van der Waals surface area contributed by atoms with E-state index in [1.165, 1.54) is 21.9 Å². The van der Waals surface area contributed by atoms with Crippen LogP contribution in [0.25, 0.3) is 33.4 Å². The molecule has 23 heavy (non-hydrogen) atoms. The predicted molar refractivity (Wildman–Crippen MR) is 96.6 cm³/mol. The highest BCUT2D eigenvalue weighted by atomic mass is 16.3. The molecule has 0 fully saturated rings. The Morgan fingerprint density at radius 2 is 0.913 bits per heavy atom. The molecule has 0 amide bonds. The Bertz CT molecular complexity index is 912. The molecule has 0 bridgehead atoms. The van der Waals surface area contributed by atoms with E-state index in [0.717, 1.165) is 22.6 Å². The second-order valence-electron chi connectivity index (χ2n) is 5.94. The standard InChI is InChI=1S/C22H18O/c1-15-9-3-5-11-17(15)21-19-13-7-8-14-20(19)22(23-21)18-12-6-4-10-16(18)2/h3-14H,1-2H3. The predicted octanol–water partition coefficient (Wildman–Crippen LogP) is 6.38. The largest absolute Gasteiger partial charge is 0.455 e. The summed E-state index contributed by atoms with van der Waals surface area (Å²) in [6.07, 6.45) is 0. The SMILES string of the molecule is Cc1ccccc1-c1oc(-c2ccccc2C)c2ccccc12. The minimum atomic E-state index is 0.956. The number of fused-ring (bicyclic) bond motifs is 1. The molecular formula is C22H18O. The summed E-state index contributed by atoms with van der Waals surface area (Å²) in [5, 5.41) is 2.33. The molecule has 0 N–H and O–H groups in total. The van der Waals surface area contributed by atoms with Crippen molar-refractivity contribution < 1.29 is 4.42 Å². The maximum atomic E-state index is 6.40. The zero-order chi connectivity index (χ0) is 15.8. The first-order chi connectivity index (χ1) is 11.3. The molecule has 112 valence electrons. The van der Waals surface area contributed by atoms with Crippen LogP contribution in [0.5, 0.6) is 0 Å². The first-order valence-electron chi connectivity index (χ1n) is 7.89. The van der Waals surface area contributed by atoms with E-state index in [-0.39, 0.29) is 0 Å². The van der Waals surface area contributed by atoms with Gasteiger partial charge < -0.3 is 4.42 Å². The van der Waals surface area contributed by atoms with Crippen molar-refractivity contribution in [1.29, 1.82) is 0 Å². The van der Waals surface area contributed by atoms with Crippen LogP contribution in [-0.2, 0) is 0 Å². The molecule has 4 aromatic rings. The Kier molecular flexibility index (Phi) is 3.27. The van der Waals surface area contributed by atoms with Crippen LogP contribution in [0, 0.1) is 13.8 Å². The maximum absolute atomic E-state index is 6.40. The van der Waals surface area contributed by atoms with E-state index in [0.29, 0.717) is 0 Å². The Morgan fingerprint density at radius 1 is 0.522 bits per heavy atom. The maximum Gasteiger partial charge on any atom is 0.142 e. The summed E-state index contributed by atoms with van der Waals surface area (Å²) < 4.78 is 6.40. The summed E-state index contributed by atoms with van der Waals surface area (Å²) in [7, 11) is 0. The molecule has 1 heterocycles. The fourth-order valence-corrected chi connectivity index (χ4v) is 3.15. The second-order valence-corrected chi connectivity index (χ2v) is 5.94. The highest BCUT2D eigenvalue weighted by Gasteiger charge is 2.17. The number of hydrogen-bond acceptors (Lipinski definition) is 1. The lowest BCUT2D eigenvalue weighted by molar-refractivity contribution is 0.601. The van der Waals surface area contributed by atoms with Crippen LogP contribution in [0.1, 0.15) is 11.1 Å². The van der Waals surface area contributed by atoms with E-state index in [4.69, 9.17) is 4.42 Å². The van der Waals surface area contributed by atoms with Crippen LogP contribution < -0.4 is 0 Å². The van der Waals surface area contributed by atoms with Crippen molar-refractivity contribution in [2.24, 2.45) is 0 Å². The first kappa shape index (κ1) is 13.8. The van der Waals surface area contributed by atoms with Gasteiger partial charge in [0.25, 0.3) is 0 Å². The van der Waals surface area contributed by atoms with Crippen LogP contribution in [-0.4, -0.2) is 0 Å². The topological polar surface area (TPSA) is 13.1 Å². The molecule has 1 aromatic heterocycles. The minimum Gasteiger partial charge on any atom is -0.455 e.